The third kappa shape index (κ3) is 76.3. The van der Waals surface area contributed by atoms with Gasteiger partial charge < -0.3 is 53.0 Å². The van der Waals surface area contributed by atoms with E-state index in [0.29, 0.717) is 54.1 Å². The van der Waals surface area contributed by atoms with Crippen LogP contribution in [-0.2, 0) is 50.6 Å². The summed E-state index contributed by atoms with van der Waals surface area (Å²) in [6.07, 6.45) is 37.5. The molecule has 3 saturated heterocycles. The Balaban J connectivity index is -0.000000216. The molecular formula is C85H186N2O15P3-. The zero-order valence-electron chi connectivity index (χ0n) is 75.7. The summed E-state index contributed by atoms with van der Waals surface area (Å²) in [5.41, 5.74) is 1.76. The van der Waals surface area contributed by atoms with Gasteiger partial charge in [0.25, 0.3) is 7.82 Å². The van der Waals surface area contributed by atoms with Crippen LogP contribution in [0, 0.1) is 44.8 Å². The molecule has 0 spiro atoms. The highest BCUT2D eigenvalue weighted by molar-refractivity contribution is 7.52. The van der Waals surface area contributed by atoms with Gasteiger partial charge in [-0.1, -0.05) is 348 Å². The van der Waals surface area contributed by atoms with Crippen molar-refractivity contribution in [3.8, 4) is 0 Å². The molecule has 4 unspecified atom stereocenters. The molecule has 642 valence electrons. The van der Waals surface area contributed by atoms with Crippen LogP contribution < -0.4 is 10.2 Å². The third-order valence-electron chi connectivity index (χ3n) is 19.2. The second kappa shape index (κ2) is 70.5. The number of Topliss-reactive ketones (excluding diaryl/α,β-unsaturated/α-hetero) is 1. The van der Waals surface area contributed by atoms with Crippen LogP contribution in [0.4, 0.5) is 0 Å². The summed E-state index contributed by atoms with van der Waals surface area (Å²) >= 11 is 0. The summed E-state index contributed by atoms with van der Waals surface area (Å²) in [4.78, 5) is 43.2. The second-order valence-electron chi connectivity index (χ2n) is 34.2. The van der Waals surface area contributed by atoms with Crippen molar-refractivity contribution in [2.75, 3.05) is 73.5 Å². The molecule has 20 heteroatoms. The average molecular weight is 1570 g/mol. The van der Waals surface area contributed by atoms with E-state index in [9.17, 15) is 28.3 Å². The highest BCUT2D eigenvalue weighted by atomic mass is 31.2. The topological polar surface area (TPSA) is 232 Å². The van der Waals surface area contributed by atoms with Gasteiger partial charge in [0.2, 0.25) is 0 Å². The van der Waals surface area contributed by atoms with Crippen molar-refractivity contribution in [2.24, 2.45) is 44.8 Å². The van der Waals surface area contributed by atoms with E-state index in [2.05, 4.69) is 146 Å². The summed E-state index contributed by atoms with van der Waals surface area (Å²) in [5.74, 6) is 3.11. The lowest BCUT2D eigenvalue weighted by Gasteiger charge is -2.41. The van der Waals surface area contributed by atoms with Gasteiger partial charge in [0.1, 0.15) is 24.1 Å². The minimum Gasteiger partial charge on any atom is -0.756 e. The molecule has 105 heavy (non-hydrogen) atoms. The number of carbonyl (C=O) groups is 1. The first-order valence-electron chi connectivity index (χ1n) is 42.7. The molecule has 4 N–H and O–H groups in total. The molecule has 1 aliphatic carbocycles. The number of ketones is 1. The number of aliphatic hydroxyl groups excluding tert-OH is 1. The van der Waals surface area contributed by atoms with E-state index in [1.165, 1.54) is 174 Å². The zero-order chi connectivity index (χ0) is 83.0. The quantitative estimate of drug-likeness (QED) is 0.0341. The standard InChI is InChI=1S/C21H44.C14H31NO8P2.C9H19N.C9H20.C8H16.C6H13O6P.C6H12O.C6H14.3C2H6/c1-8-9-10-11-12-13-14-15-16-17-18-19(20(2,3)4)21(5,6)7;1-3-24(16,17)22-12-14-13(8-11-20-14)23-25(18,19)21-10-7-5-4-6-9-15-2;1-9(2,3)8-6-5-7-10(8)4;1-3-5-7-9-8-6-4-2;1-7-3-5-8(2)6-4-7;1-10-13(8,9)12-5-2-3-11-6(5)4-7;1-5(7)6(2,3)4;1-5-6(2,3)4;3*1-2/h19H,8-18H2,1-7H3;13-15H,3-12H2,1-2H3,(H,16,17)(H,18,19);8H,5-7H2,1-4H3;3-9H2,1-2H3;7-8H,3-6H2,1-2H3;5-7H,2-4H2,1H3,(H,8,9);1-4H3;5H2,1-4H3;3*1-2H3/p-1/t;13-,14+;;;;5-,6-;;;;;/m.0...1...../s1. The monoisotopic (exact) mass is 1570 g/mol. The molecule has 17 nitrogen and oxygen atoms in total. The van der Waals surface area contributed by atoms with Crippen molar-refractivity contribution in [3.63, 3.8) is 0 Å². The van der Waals surface area contributed by atoms with Gasteiger partial charge in [0.15, 0.2) is 0 Å². The maximum Gasteiger partial charge on any atom is 0.472 e. The molecule has 0 aromatic carbocycles. The fraction of sp³-hybridized carbons (Fsp3) is 0.988. The van der Waals surface area contributed by atoms with Crippen molar-refractivity contribution >= 4 is 29.0 Å². The molecule has 0 bridgehead atoms. The summed E-state index contributed by atoms with van der Waals surface area (Å²) in [5, 5.41) is 11.8. The van der Waals surface area contributed by atoms with E-state index in [1.54, 1.807) is 6.92 Å². The lowest BCUT2D eigenvalue weighted by atomic mass is 9.65. The number of likely N-dealkylation sites (tertiary alicyclic amines) is 1. The number of unbranched alkanes of at least 4 members (excludes halogenated alkanes) is 18. The number of phosphoric ester groups is 2. The van der Waals surface area contributed by atoms with Gasteiger partial charge >= 0.3 is 15.4 Å². The average Bonchev–Trinajstić information content (AvgIpc) is 1.78. The van der Waals surface area contributed by atoms with Crippen molar-refractivity contribution in [1.82, 2.24) is 10.2 Å². The van der Waals surface area contributed by atoms with Gasteiger partial charge in [0, 0.05) is 50.8 Å². The maximum absolute atomic E-state index is 11.9. The molecule has 4 aliphatic rings. The van der Waals surface area contributed by atoms with Crippen LogP contribution in [0.1, 0.15) is 400 Å². The van der Waals surface area contributed by atoms with Crippen LogP contribution in [0.2, 0.25) is 0 Å². The highest BCUT2D eigenvalue weighted by Gasteiger charge is 2.37. The summed E-state index contributed by atoms with van der Waals surface area (Å²) in [7, 11) is -6.84. The number of nitrogens with one attached hydrogen (secondary N) is 1. The van der Waals surface area contributed by atoms with Crippen LogP contribution in [0.5, 0.6) is 0 Å². The molecular weight excluding hydrogens is 1380 g/mol. The van der Waals surface area contributed by atoms with Crippen molar-refractivity contribution in [3.05, 3.63) is 0 Å². The molecule has 3 aliphatic heterocycles. The Morgan fingerprint density at radius 3 is 1.26 bits per heavy atom. The number of aliphatic hydroxyl groups is 1. The molecule has 1 saturated carbocycles. The molecule has 0 radical (unpaired) electrons. The Hall–Kier alpha value is -0.160. The molecule has 0 amide bonds. The number of ether oxygens (including phenoxy) is 2. The van der Waals surface area contributed by atoms with E-state index < -0.39 is 47.7 Å². The molecule has 3 heterocycles. The SMILES string of the molecule is CC.CC.CC.CC(=O)C(C)(C)C.CC1CCC(C)CC1.CCC(C)(C)C.CCCCCCCCC.CCCCCCCCCCCCC(C(C)(C)C)C(C)(C)C.CCP(=O)(O)OC[C@H]1OCC[C@@H]1OP(=O)([O-])OCCCCCCNC.CN1CCCC1C(C)(C)C.COP(=O)(O)O[C@@H]1CCO[C@@H]1CO. The summed E-state index contributed by atoms with van der Waals surface area (Å²) in [6.45, 7) is 65.5. The maximum atomic E-state index is 11.9. The number of phosphoric acid groups is 2. The van der Waals surface area contributed by atoms with Gasteiger partial charge in [-0.15, -0.1) is 0 Å². The zero-order valence-corrected chi connectivity index (χ0v) is 78.4. The fourth-order valence-corrected chi connectivity index (χ4v) is 14.1. The van der Waals surface area contributed by atoms with Gasteiger partial charge in [-0.05, 0) is 106 Å². The van der Waals surface area contributed by atoms with Gasteiger partial charge in [0.05, 0.1) is 25.9 Å². The minimum atomic E-state index is -4.44. The minimum absolute atomic E-state index is 0.0251. The van der Waals surface area contributed by atoms with E-state index in [1.807, 2.05) is 69.4 Å². The van der Waals surface area contributed by atoms with Crippen LogP contribution >= 0.6 is 23.2 Å². The summed E-state index contributed by atoms with van der Waals surface area (Å²) in [6, 6.07) is 0.812. The Morgan fingerprint density at radius 2 is 0.943 bits per heavy atom. The van der Waals surface area contributed by atoms with Crippen LogP contribution in [0.25, 0.3) is 0 Å². The van der Waals surface area contributed by atoms with Gasteiger partial charge in [-0.3, -0.25) is 23.0 Å². The van der Waals surface area contributed by atoms with Crippen LogP contribution in [0.3, 0.4) is 0 Å². The van der Waals surface area contributed by atoms with E-state index in [0.717, 1.165) is 56.7 Å². The predicted molar refractivity (Wildman–Crippen MR) is 453 cm³/mol. The largest absolute Gasteiger partial charge is 0.756 e. The van der Waals surface area contributed by atoms with Crippen LogP contribution in [-0.4, -0.2) is 130 Å². The molecule has 0 aromatic heterocycles. The summed E-state index contributed by atoms with van der Waals surface area (Å²) < 4.78 is 68.6. The first-order valence-corrected chi connectivity index (χ1v) is 47.4. The number of nitrogens with zero attached hydrogens (tertiary/aromatic N) is 1. The molecule has 4 fully saturated rings. The Kier molecular flexibility index (Phi) is 79.3. The molecule has 4 rings (SSSR count). The van der Waals surface area contributed by atoms with Gasteiger partial charge in [-0.2, -0.15) is 0 Å². The molecule has 8 atom stereocenters. The lowest BCUT2D eigenvalue weighted by molar-refractivity contribution is -0.231. The Morgan fingerprint density at radius 1 is 0.571 bits per heavy atom. The first kappa shape index (κ1) is 118. The van der Waals surface area contributed by atoms with Gasteiger partial charge in [-0.25, -0.2) is 4.57 Å². The smallest absolute Gasteiger partial charge is 0.472 e. The van der Waals surface area contributed by atoms with Crippen molar-refractivity contribution < 1.29 is 70.4 Å². The van der Waals surface area contributed by atoms with E-state index in [4.69, 9.17) is 37.6 Å². The normalized spacial score (nSPS) is 21.1. The first-order chi connectivity index (χ1) is 48.8. The van der Waals surface area contributed by atoms with E-state index in [-0.39, 0.29) is 37.2 Å². The third-order valence-corrected chi connectivity index (χ3v) is 22.6. The number of rotatable bonds is 35. The van der Waals surface area contributed by atoms with E-state index >= 15 is 0 Å². The number of hydrogen-bond acceptors (Lipinski definition) is 15. The van der Waals surface area contributed by atoms with Crippen molar-refractivity contribution in [2.45, 2.75) is 430 Å². The highest BCUT2D eigenvalue weighted by Crippen LogP contribution is 2.47. The Bertz CT molecular complexity index is 1980. The lowest BCUT2D eigenvalue weighted by Crippen LogP contribution is -2.36. The second-order valence-corrected chi connectivity index (χ2v) is 39.2. The number of hydrogen-bond donors (Lipinski definition) is 4. The molecule has 0 aromatic rings. The van der Waals surface area contributed by atoms with Crippen LogP contribution in [0.15, 0.2) is 0 Å². The number of carbonyl (C=O) groups excluding carboxylic acids is 1. The van der Waals surface area contributed by atoms with Crippen molar-refractivity contribution in [1.29, 1.82) is 0 Å². The predicted octanol–water partition coefficient (Wildman–Crippen LogP) is 25.4. The Labute approximate surface area is 654 Å². The fourth-order valence-electron chi connectivity index (χ4n) is 11.9.